The molecule has 0 unspecified atom stereocenters. The second-order valence-corrected chi connectivity index (χ2v) is 7.31. The van der Waals surface area contributed by atoms with Gasteiger partial charge in [-0.1, -0.05) is 24.3 Å². The average molecular weight is 402 g/mol. The van der Waals surface area contributed by atoms with Gasteiger partial charge in [-0.05, 0) is 35.7 Å². The van der Waals surface area contributed by atoms with Gasteiger partial charge >= 0.3 is 0 Å². The van der Waals surface area contributed by atoms with E-state index in [9.17, 15) is 9.59 Å². The molecule has 0 amide bonds. The lowest BCUT2D eigenvalue weighted by Crippen LogP contribution is -2.26. The molecule has 0 aliphatic carbocycles. The SMILES string of the molecule is COc1ccc2c(=O)c3c(=O)n(-c4ccccc4)c(-c4cccs4)nc3oc2c1. The van der Waals surface area contributed by atoms with Crippen LogP contribution in [0, 0.1) is 0 Å². The van der Waals surface area contributed by atoms with Crippen molar-refractivity contribution in [1.82, 2.24) is 9.55 Å². The van der Waals surface area contributed by atoms with Crippen LogP contribution in [0.25, 0.3) is 38.5 Å². The third-order valence-electron chi connectivity index (χ3n) is 4.67. The van der Waals surface area contributed by atoms with E-state index >= 15 is 0 Å². The molecule has 0 radical (unpaired) electrons. The summed E-state index contributed by atoms with van der Waals surface area (Å²) in [6.45, 7) is 0. The van der Waals surface area contributed by atoms with Crippen molar-refractivity contribution in [2.75, 3.05) is 7.11 Å². The summed E-state index contributed by atoms with van der Waals surface area (Å²) in [4.78, 5) is 32.0. The number of rotatable bonds is 3. The van der Waals surface area contributed by atoms with Crippen molar-refractivity contribution in [2.24, 2.45) is 0 Å². The Morgan fingerprint density at radius 1 is 1.03 bits per heavy atom. The molecule has 5 rings (SSSR count). The van der Waals surface area contributed by atoms with Crippen molar-refractivity contribution in [3.63, 3.8) is 0 Å². The van der Waals surface area contributed by atoms with Crippen molar-refractivity contribution in [3.8, 4) is 22.1 Å². The van der Waals surface area contributed by atoms with Crippen molar-refractivity contribution in [3.05, 3.63) is 86.6 Å². The molecular weight excluding hydrogens is 388 g/mol. The number of hydrogen-bond donors (Lipinski definition) is 0. The van der Waals surface area contributed by atoms with E-state index in [1.54, 1.807) is 30.3 Å². The average Bonchev–Trinajstić information content (AvgIpc) is 3.28. The van der Waals surface area contributed by atoms with Gasteiger partial charge in [0.05, 0.1) is 23.1 Å². The Balaban J connectivity index is 1.96. The Labute approximate surface area is 168 Å². The maximum atomic E-state index is 13.5. The largest absolute Gasteiger partial charge is 0.497 e. The van der Waals surface area contributed by atoms with Crippen LogP contribution in [0.1, 0.15) is 0 Å². The first-order chi connectivity index (χ1) is 14.2. The second-order valence-electron chi connectivity index (χ2n) is 6.36. The molecule has 0 fully saturated rings. The monoisotopic (exact) mass is 402 g/mol. The number of benzene rings is 2. The standard InChI is InChI=1S/C22H14N2O4S/c1-27-14-9-10-15-16(12-14)28-21-18(19(15)25)22(26)24(13-6-3-2-4-7-13)20(23-21)17-8-5-11-29-17/h2-12H,1H3. The minimum atomic E-state index is -0.462. The first kappa shape index (κ1) is 17.4. The highest BCUT2D eigenvalue weighted by Gasteiger charge is 2.20. The molecule has 0 saturated carbocycles. The van der Waals surface area contributed by atoms with E-state index in [1.165, 1.54) is 23.0 Å². The third kappa shape index (κ3) is 2.75. The molecule has 6 nitrogen and oxygen atoms in total. The number of aromatic nitrogens is 2. The van der Waals surface area contributed by atoms with Crippen LogP contribution < -0.4 is 15.7 Å². The summed E-state index contributed by atoms with van der Waals surface area (Å²) < 4.78 is 12.5. The highest BCUT2D eigenvalue weighted by Crippen LogP contribution is 2.27. The number of ether oxygens (including phenoxy) is 1. The van der Waals surface area contributed by atoms with E-state index in [4.69, 9.17) is 9.15 Å². The topological polar surface area (TPSA) is 74.3 Å². The molecule has 0 N–H and O–H groups in total. The van der Waals surface area contributed by atoms with Gasteiger partial charge in [0.1, 0.15) is 11.3 Å². The Bertz CT molecular complexity index is 1470. The van der Waals surface area contributed by atoms with Crippen molar-refractivity contribution < 1.29 is 9.15 Å². The van der Waals surface area contributed by atoms with Crippen LogP contribution in [0.2, 0.25) is 0 Å². The van der Waals surface area contributed by atoms with Crippen LogP contribution in [-0.2, 0) is 0 Å². The lowest BCUT2D eigenvalue weighted by atomic mass is 10.2. The first-order valence-electron chi connectivity index (χ1n) is 8.84. The lowest BCUT2D eigenvalue weighted by molar-refractivity contribution is 0.414. The minimum absolute atomic E-state index is 0.0105. The molecule has 3 aromatic heterocycles. The molecule has 0 bridgehead atoms. The molecule has 0 aliphatic rings. The maximum Gasteiger partial charge on any atom is 0.273 e. The zero-order valence-corrected chi connectivity index (χ0v) is 16.1. The molecule has 5 aromatic rings. The number of nitrogens with zero attached hydrogens (tertiary/aromatic N) is 2. The smallest absolute Gasteiger partial charge is 0.273 e. The van der Waals surface area contributed by atoms with Crippen LogP contribution in [0.15, 0.2) is 80.0 Å². The van der Waals surface area contributed by atoms with Gasteiger partial charge < -0.3 is 9.15 Å². The Morgan fingerprint density at radius 2 is 1.86 bits per heavy atom. The van der Waals surface area contributed by atoms with Gasteiger partial charge in [-0.3, -0.25) is 14.2 Å². The van der Waals surface area contributed by atoms with Crippen LogP contribution in [-0.4, -0.2) is 16.7 Å². The van der Waals surface area contributed by atoms with Gasteiger partial charge in [-0.2, -0.15) is 4.98 Å². The minimum Gasteiger partial charge on any atom is -0.497 e. The highest BCUT2D eigenvalue weighted by atomic mass is 32.1. The van der Waals surface area contributed by atoms with Crippen molar-refractivity contribution in [1.29, 1.82) is 0 Å². The summed E-state index contributed by atoms with van der Waals surface area (Å²) in [6.07, 6.45) is 0. The molecule has 29 heavy (non-hydrogen) atoms. The number of fused-ring (bicyclic) bond motifs is 2. The molecule has 3 heterocycles. The molecule has 0 saturated heterocycles. The van der Waals surface area contributed by atoms with E-state index in [-0.39, 0.29) is 11.1 Å². The second kappa shape index (κ2) is 6.72. The van der Waals surface area contributed by atoms with E-state index in [0.717, 1.165) is 4.88 Å². The molecule has 0 spiro atoms. The molecule has 0 aliphatic heterocycles. The molecule has 7 heteroatoms. The number of thiophene rings is 1. The fourth-order valence-corrected chi connectivity index (χ4v) is 4.00. The van der Waals surface area contributed by atoms with Crippen LogP contribution >= 0.6 is 11.3 Å². The predicted octanol–water partition coefficient (Wildman–Crippen LogP) is 4.23. The van der Waals surface area contributed by atoms with Crippen LogP contribution in [0.5, 0.6) is 5.75 Å². The van der Waals surface area contributed by atoms with E-state index in [2.05, 4.69) is 4.98 Å². The van der Waals surface area contributed by atoms with Gasteiger partial charge in [0.25, 0.3) is 5.56 Å². The molecular formula is C22H14N2O4S. The molecule has 2 aromatic carbocycles. The van der Waals surface area contributed by atoms with Crippen molar-refractivity contribution in [2.45, 2.75) is 0 Å². The summed E-state index contributed by atoms with van der Waals surface area (Å²) in [5.74, 6) is 0.977. The molecule has 142 valence electrons. The molecule has 0 atom stereocenters. The summed E-state index contributed by atoms with van der Waals surface area (Å²) in [7, 11) is 1.53. The van der Waals surface area contributed by atoms with E-state index in [1.807, 2.05) is 35.7 Å². The fraction of sp³-hybridized carbons (Fsp3) is 0.0455. The van der Waals surface area contributed by atoms with Gasteiger partial charge in [-0.25, -0.2) is 0 Å². The number of hydrogen-bond acceptors (Lipinski definition) is 6. The van der Waals surface area contributed by atoms with Gasteiger partial charge in [-0.15, -0.1) is 11.3 Å². The van der Waals surface area contributed by atoms with Gasteiger partial charge in [0.15, 0.2) is 11.2 Å². The van der Waals surface area contributed by atoms with Crippen molar-refractivity contribution >= 4 is 33.4 Å². The Morgan fingerprint density at radius 3 is 2.59 bits per heavy atom. The quantitative estimate of drug-likeness (QED) is 0.422. The zero-order chi connectivity index (χ0) is 20.0. The third-order valence-corrected chi connectivity index (χ3v) is 5.54. The maximum absolute atomic E-state index is 13.5. The Hall–Kier alpha value is -3.71. The van der Waals surface area contributed by atoms with E-state index < -0.39 is 11.0 Å². The summed E-state index contributed by atoms with van der Waals surface area (Å²) in [5, 5.41) is 2.13. The normalized spacial score (nSPS) is 11.2. The Kier molecular flexibility index (Phi) is 4.03. The van der Waals surface area contributed by atoms with Crippen LogP contribution in [0.3, 0.4) is 0 Å². The van der Waals surface area contributed by atoms with E-state index in [0.29, 0.717) is 28.2 Å². The number of para-hydroxylation sites is 1. The fourth-order valence-electron chi connectivity index (χ4n) is 3.30. The summed E-state index contributed by atoms with van der Waals surface area (Å²) >= 11 is 1.45. The van der Waals surface area contributed by atoms with Gasteiger partial charge in [0.2, 0.25) is 11.1 Å². The first-order valence-corrected chi connectivity index (χ1v) is 9.72. The predicted molar refractivity (Wildman–Crippen MR) is 113 cm³/mol. The lowest BCUT2D eigenvalue weighted by Gasteiger charge is -2.12. The van der Waals surface area contributed by atoms with Crippen LogP contribution in [0.4, 0.5) is 0 Å². The number of methoxy groups -OCH3 is 1. The van der Waals surface area contributed by atoms with Gasteiger partial charge in [0, 0.05) is 6.07 Å². The zero-order valence-electron chi connectivity index (χ0n) is 15.3. The summed E-state index contributed by atoms with van der Waals surface area (Å²) in [5.41, 5.74) is 0.0871. The summed E-state index contributed by atoms with van der Waals surface area (Å²) in [6, 6.07) is 17.8. The highest BCUT2D eigenvalue weighted by molar-refractivity contribution is 7.13.